The fourth-order valence-corrected chi connectivity index (χ4v) is 1.80. The molecule has 0 N–H and O–H groups in total. The van der Waals surface area contributed by atoms with Gasteiger partial charge in [-0.1, -0.05) is 26.8 Å². The third-order valence-electron chi connectivity index (χ3n) is 2.50. The highest BCUT2D eigenvalue weighted by Crippen LogP contribution is 2.25. The zero-order valence-corrected chi connectivity index (χ0v) is 12.2. The van der Waals surface area contributed by atoms with Gasteiger partial charge in [0, 0.05) is 22.9 Å². The molecule has 0 fully saturated rings. The number of hydrogen-bond donors (Lipinski definition) is 0. The predicted octanol–water partition coefficient (Wildman–Crippen LogP) is 4.33. The van der Waals surface area contributed by atoms with Crippen LogP contribution in [0.5, 0.6) is 11.6 Å². The maximum atomic E-state index is 5.62. The average Bonchev–Trinajstić information content (AvgIpc) is 2.28. The minimum absolute atomic E-state index is 0.100. The van der Waals surface area contributed by atoms with Gasteiger partial charge in [0.15, 0.2) is 0 Å². The van der Waals surface area contributed by atoms with Crippen molar-refractivity contribution in [1.29, 1.82) is 0 Å². The summed E-state index contributed by atoms with van der Waals surface area (Å²) in [6, 6.07) is 5.77. The van der Waals surface area contributed by atoms with Crippen LogP contribution in [0.3, 0.4) is 0 Å². The smallest absolute Gasteiger partial charge is 0.219 e. The molecular weight excluding hydrogens is 292 g/mol. The van der Waals surface area contributed by atoms with E-state index in [1.807, 2.05) is 24.4 Å². The van der Waals surface area contributed by atoms with E-state index in [0.717, 1.165) is 4.47 Å². The minimum atomic E-state index is 0.100. The summed E-state index contributed by atoms with van der Waals surface area (Å²) in [5.41, 5.74) is 1.28. The van der Waals surface area contributed by atoms with E-state index in [0.29, 0.717) is 11.6 Å². The van der Waals surface area contributed by atoms with Gasteiger partial charge in [0.1, 0.15) is 5.75 Å². The highest BCUT2D eigenvalue weighted by molar-refractivity contribution is 9.10. The van der Waals surface area contributed by atoms with E-state index in [4.69, 9.17) is 4.74 Å². The van der Waals surface area contributed by atoms with Gasteiger partial charge in [-0.3, -0.25) is 4.98 Å². The number of aromatic nitrogens is 2. The van der Waals surface area contributed by atoms with Crippen molar-refractivity contribution in [3.05, 3.63) is 46.8 Å². The fourth-order valence-electron chi connectivity index (χ4n) is 1.45. The maximum absolute atomic E-state index is 5.62. The minimum Gasteiger partial charge on any atom is -0.437 e. The average molecular weight is 307 g/mol. The molecule has 0 saturated heterocycles. The van der Waals surface area contributed by atoms with Crippen molar-refractivity contribution < 1.29 is 4.74 Å². The van der Waals surface area contributed by atoms with Crippen LogP contribution in [0.25, 0.3) is 0 Å². The second-order valence-electron chi connectivity index (χ2n) is 5.08. The normalized spacial score (nSPS) is 11.3. The second-order valence-corrected chi connectivity index (χ2v) is 5.99. The zero-order chi connectivity index (χ0) is 13.2. The molecule has 0 spiro atoms. The number of ether oxygens (including phenoxy) is 1. The van der Waals surface area contributed by atoms with Crippen molar-refractivity contribution >= 4 is 15.9 Å². The summed E-state index contributed by atoms with van der Waals surface area (Å²) >= 11 is 3.35. The van der Waals surface area contributed by atoms with Crippen LogP contribution in [0, 0.1) is 0 Å². The lowest BCUT2D eigenvalue weighted by atomic mass is 9.88. The zero-order valence-electron chi connectivity index (χ0n) is 10.6. The predicted molar refractivity (Wildman–Crippen MR) is 74.9 cm³/mol. The molecular formula is C14H15BrN2O. The Morgan fingerprint density at radius 3 is 2.44 bits per heavy atom. The number of pyridine rings is 2. The summed E-state index contributed by atoms with van der Waals surface area (Å²) in [6.07, 6.45) is 5.22. The molecule has 0 radical (unpaired) electrons. The highest BCUT2D eigenvalue weighted by atomic mass is 79.9. The van der Waals surface area contributed by atoms with E-state index in [9.17, 15) is 0 Å². The largest absolute Gasteiger partial charge is 0.437 e. The summed E-state index contributed by atoms with van der Waals surface area (Å²) in [5.74, 6) is 1.24. The maximum Gasteiger partial charge on any atom is 0.219 e. The van der Waals surface area contributed by atoms with Gasteiger partial charge in [-0.25, -0.2) is 4.98 Å². The van der Waals surface area contributed by atoms with Crippen molar-refractivity contribution in [2.45, 2.75) is 26.2 Å². The Labute approximate surface area is 115 Å². The standard InChI is InChI=1S/C14H15BrN2O/c1-14(2,3)10-4-5-13(17-7-10)18-12-6-11(15)8-16-9-12/h4-9H,1-3H3. The molecule has 0 aliphatic carbocycles. The Morgan fingerprint density at radius 1 is 1.11 bits per heavy atom. The first kappa shape index (κ1) is 13.0. The van der Waals surface area contributed by atoms with E-state index in [2.05, 4.69) is 46.7 Å². The van der Waals surface area contributed by atoms with Crippen LogP contribution >= 0.6 is 15.9 Å². The summed E-state index contributed by atoms with van der Waals surface area (Å²) in [4.78, 5) is 8.34. The van der Waals surface area contributed by atoms with Gasteiger partial charge >= 0.3 is 0 Å². The van der Waals surface area contributed by atoms with Crippen LogP contribution in [0.4, 0.5) is 0 Å². The molecule has 0 saturated carbocycles. The molecule has 2 aromatic rings. The summed E-state index contributed by atoms with van der Waals surface area (Å²) in [6.45, 7) is 6.47. The highest BCUT2D eigenvalue weighted by Gasteiger charge is 2.13. The quantitative estimate of drug-likeness (QED) is 0.828. The first-order valence-electron chi connectivity index (χ1n) is 5.70. The molecule has 2 heterocycles. The van der Waals surface area contributed by atoms with Crippen LogP contribution in [0.15, 0.2) is 41.3 Å². The lowest BCUT2D eigenvalue weighted by Gasteiger charge is -2.18. The first-order valence-corrected chi connectivity index (χ1v) is 6.49. The molecule has 0 atom stereocenters. The molecule has 4 heteroatoms. The van der Waals surface area contributed by atoms with Crippen LogP contribution < -0.4 is 4.74 Å². The Balaban J connectivity index is 2.16. The van der Waals surface area contributed by atoms with Crippen LogP contribution in [0.2, 0.25) is 0 Å². The molecule has 0 bridgehead atoms. The van der Waals surface area contributed by atoms with Gasteiger partial charge in [-0.2, -0.15) is 0 Å². The van der Waals surface area contributed by atoms with Crippen molar-refractivity contribution in [3.8, 4) is 11.6 Å². The van der Waals surface area contributed by atoms with Gasteiger partial charge in [0.25, 0.3) is 0 Å². The van der Waals surface area contributed by atoms with Crippen molar-refractivity contribution in [2.75, 3.05) is 0 Å². The Morgan fingerprint density at radius 2 is 1.89 bits per heavy atom. The van der Waals surface area contributed by atoms with Gasteiger partial charge in [0.05, 0.1) is 6.20 Å². The van der Waals surface area contributed by atoms with Gasteiger partial charge in [-0.05, 0) is 33.0 Å². The molecule has 3 nitrogen and oxygen atoms in total. The lowest BCUT2D eigenvalue weighted by Crippen LogP contribution is -2.11. The lowest BCUT2D eigenvalue weighted by molar-refractivity contribution is 0.458. The molecule has 0 aliphatic rings. The fraction of sp³-hybridized carbons (Fsp3) is 0.286. The molecule has 0 aromatic carbocycles. The van der Waals surface area contributed by atoms with Gasteiger partial charge in [0.2, 0.25) is 5.88 Å². The van der Waals surface area contributed by atoms with Crippen LogP contribution in [-0.2, 0) is 5.41 Å². The van der Waals surface area contributed by atoms with Crippen LogP contribution in [0.1, 0.15) is 26.3 Å². The Bertz CT molecular complexity index is 532. The third-order valence-corrected chi connectivity index (χ3v) is 2.94. The molecule has 2 aromatic heterocycles. The topological polar surface area (TPSA) is 35.0 Å². The van der Waals surface area contributed by atoms with E-state index >= 15 is 0 Å². The molecule has 0 unspecified atom stereocenters. The molecule has 94 valence electrons. The summed E-state index contributed by atoms with van der Waals surface area (Å²) in [7, 11) is 0. The number of nitrogens with zero attached hydrogens (tertiary/aromatic N) is 2. The van der Waals surface area contributed by atoms with Gasteiger partial charge in [-0.15, -0.1) is 0 Å². The van der Waals surface area contributed by atoms with E-state index < -0.39 is 0 Å². The molecule has 18 heavy (non-hydrogen) atoms. The van der Waals surface area contributed by atoms with E-state index in [1.165, 1.54) is 5.56 Å². The number of hydrogen-bond acceptors (Lipinski definition) is 3. The Hall–Kier alpha value is -1.42. The van der Waals surface area contributed by atoms with Gasteiger partial charge < -0.3 is 4.74 Å². The number of halogens is 1. The number of rotatable bonds is 2. The van der Waals surface area contributed by atoms with Crippen molar-refractivity contribution in [2.24, 2.45) is 0 Å². The second kappa shape index (κ2) is 5.06. The summed E-state index contributed by atoms with van der Waals surface area (Å²) < 4.78 is 6.50. The van der Waals surface area contributed by atoms with E-state index in [-0.39, 0.29) is 5.41 Å². The Kier molecular flexibility index (Phi) is 3.66. The third kappa shape index (κ3) is 3.29. The van der Waals surface area contributed by atoms with Crippen molar-refractivity contribution in [1.82, 2.24) is 9.97 Å². The molecule has 0 aliphatic heterocycles. The van der Waals surface area contributed by atoms with Crippen LogP contribution in [-0.4, -0.2) is 9.97 Å². The first-order chi connectivity index (χ1) is 8.45. The monoisotopic (exact) mass is 306 g/mol. The van der Waals surface area contributed by atoms with Crippen molar-refractivity contribution in [3.63, 3.8) is 0 Å². The van der Waals surface area contributed by atoms with E-state index in [1.54, 1.807) is 12.4 Å². The molecule has 0 amide bonds. The summed E-state index contributed by atoms with van der Waals surface area (Å²) in [5, 5.41) is 0. The SMILES string of the molecule is CC(C)(C)c1ccc(Oc2cncc(Br)c2)nc1. The molecule has 2 rings (SSSR count).